The molecule has 0 aliphatic carbocycles. The van der Waals surface area contributed by atoms with E-state index in [4.69, 9.17) is 4.74 Å². The van der Waals surface area contributed by atoms with Crippen molar-refractivity contribution < 1.29 is 24.2 Å². The predicted molar refractivity (Wildman–Crippen MR) is 115 cm³/mol. The molecule has 1 fully saturated rings. The number of aliphatic carboxylic acids is 1. The summed E-state index contributed by atoms with van der Waals surface area (Å²) in [4.78, 5) is 40.0. The fourth-order valence-electron chi connectivity index (χ4n) is 3.78. The molecule has 2 aromatic rings. The standard InChI is InChI=1S/C21H22N2O5SSi/c1-30(2)11-14(21(26)27)23(12-30)19(24)10-22-20(25)13-7-8-18-16(9-13)28-15-5-3-4-6-17(15)29-18/h3-9,14H,10-12H2,1-2H3,(H,22,25)(H,26,27). The van der Waals surface area contributed by atoms with E-state index in [1.165, 1.54) is 4.90 Å². The van der Waals surface area contributed by atoms with Crippen molar-refractivity contribution in [2.45, 2.75) is 35.0 Å². The summed E-state index contributed by atoms with van der Waals surface area (Å²) >= 11 is 1.57. The van der Waals surface area contributed by atoms with Gasteiger partial charge in [-0.2, -0.15) is 0 Å². The topological polar surface area (TPSA) is 95.9 Å². The quantitative estimate of drug-likeness (QED) is 0.603. The summed E-state index contributed by atoms with van der Waals surface area (Å²) in [5.74, 6) is -0.426. The molecule has 1 unspecified atom stereocenters. The zero-order valence-corrected chi connectivity index (χ0v) is 18.5. The summed E-state index contributed by atoms with van der Waals surface area (Å²) in [5.41, 5.74) is 0.382. The second kappa shape index (κ2) is 7.80. The number of para-hydroxylation sites is 1. The molecule has 30 heavy (non-hydrogen) atoms. The Morgan fingerprint density at radius 3 is 2.67 bits per heavy atom. The Morgan fingerprint density at radius 2 is 1.90 bits per heavy atom. The van der Waals surface area contributed by atoms with Gasteiger partial charge in [0.05, 0.1) is 24.4 Å². The minimum atomic E-state index is -1.76. The van der Waals surface area contributed by atoms with E-state index in [9.17, 15) is 19.5 Å². The van der Waals surface area contributed by atoms with Crippen LogP contribution < -0.4 is 10.1 Å². The van der Waals surface area contributed by atoms with Crippen molar-refractivity contribution in [3.63, 3.8) is 0 Å². The maximum atomic E-state index is 12.6. The first-order chi connectivity index (χ1) is 14.2. The van der Waals surface area contributed by atoms with Gasteiger partial charge in [-0.3, -0.25) is 9.59 Å². The third kappa shape index (κ3) is 4.08. The number of rotatable bonds is 4. The fraction of sp³-hybridized carbons (Fsp3) is 0.286. The van der Waals surface area contributed by atoms with Gasteiger partial charge in [0, 0.05) is 11.7 Å². The number of amides is 2. The summed E-state index contributed by atoms with van der Waals surface area (Å²) in [7, 11) is -1.76. The molecule has 4 rings (SSSR count). The van der Waals surface area contributed by atoms with E-state index in [2.05, 4.69) is 18.4 Å². The lowest BCUT2D eigenvalue weighted by Gasteiger charge is -2.22. The van der Waals surface area contributed by atoms with Crippen molar-refractivity contribution in [1.29, 1.82) is 0 Å². The molecule has 2 aliphatic heterocycles. The van der Waals surface area contributed by atoms with Crippen LogP contribution in [0.4, 0.5) is 0 Å². The van der Waals surface area contributed by atoms with E-state index in [1.54, 1.807) is 23.9 Å². The Labute approximate surface area is 179 Å². The Balaban J connectivity index is 1.42. The number of carbonyl (C=O) groups excluding carboxylic acids is 2. The van der Waals surface area contributed by atoms with Crippen LogP contribution in [0.15, 0.2) is 52.3 Å². The first-order valence-electron chi connectivity index (χ1n) is 9.63. The van der Waals surface area contributed by atoms with Crippen molar-refractivity contribution >= 4 is 37.6 Å². The SMILES string of the molecule is C[Si]1(C)CC(C(=O)O)N(C(=O)CNC(=O)c2ccc3c(c2)Oc2ccccc2S3)C1. The molecule has 2 N–H and O–H groups in total. The zero-order chi connectivity index (χ0) is 21.5. The molecular weight excluding hydrogens is 420 g/mol. The van der Waals surface area contributed by atoms with Crippen molar-refractivity contribution in [1.82, 2.24) is 10.2 Å². The number of nitrogens with zero attached hydrogens (tertiary/aromatic N) is 1. The number of hydrogen-bond acceptors (Lipinski definition) is 5. The fourth-order valence-corrected chi connectivity index (χ4v) is 7.60. The van der Waals surface area contributed by atoms with Crippen molar-refractivity contribution in [3.05, 3.63) is 48.0 Å². The summed E-state index contributed by atoms with van der Waals surface area (Å²) in [5, 5.41) is 12.0. The van der Waals surface area contributed by atoms with E-state index in [-0.39, 0.29) is 12.5 Å². The number of hydrogen-bond donors (Lipinski definition) is 2. The van der Waals surface area contributed by atoms with Gasteiger partial charge in [-0.1, -0.05) is 37.0 Å². The molecule has 1 atom stereocenters. The molecule has 2 heterocycles. The second-order valence-corrected chi connectivity index (χ2v) is 14.4. The number of ether oxygens (including phenoxy) is 1. The molecule has 1 saturated heterocycles. The van der Waals surface area contributed by atoms with Gasteiger partial charge < -0.3 is 20.1 Å². The number of carbonyl (C=O) groups is 3. The molecule has 0 aromatic heterocycles. The first-order valence-corrected chi connectivity index (χ1v) is 13.9. The number of carboxylic acids is 1. The second-order valence-electron chi connectivity index (χ2n) is 8.24. The normalized spacial score (nSPS) is 18.7. The van der Waals surface area contributed by atoms with Gasteiger partial charge in [0.25, 0.3) is 5.91 Å². The van der Waals surface area contributed by atoms with E-state index in [1.807, 2.05) is 30.3 Å². The maximum absolute atomic E-state index is 12.6. The lowest BCUT2D eigenvalue weighted by Crippen LogP contribution is -2.46. The van der Waals surface area contributed by atoms with E-state index in [0.29, 0.717) is 23.5 Å². The molecule has 2 amide bonds. The Morgan fingerprint density at radius 1 is 1.17 bits per heavy atom. The molecule has 0 radical (unpaired) electrons. The van der Waals surface area contributed by atoms with Gasteiger partial charge in [-0.25, -0.2) is 4.79 Å². The summed E-state index contributed by atoms with van der Waals surface area (Å²) in [6.45, 7) is 3.90. The van der Waals surface area contributed by atoms with E-state index < -0.39 is 26.0 Å². The van der Waals surface area contributed by atoms with Crippen LogP contribution in [-0.4, -0.2) is 54.6 Å². The zero-order valence-electron chi connectivity index (χ0n) is 16.7. The Bertz CT molecular complexity index is 1040. The van der Waals surface area contributed by atoms with Crippen LogP contribution in [0.25, 0.3) is 0 Å². The monoisotopic (exact) mass is 442 g/mol. The van der Waals surface area contributed by atoms with Crippen LogP contribution >= 0.6 is 11.8 Å². The minimum absolute atomic E-state index is 0.234. The molecular formula is C21H22N2O5SSi. The van der Waals surface area contributed by atoms with E-state index >= 15 is 0 Å². The molecule has 0 bridgehead atoms. The molecule has 0 saturated carbocycles. The van der Waals surface area contributed by atoms with Gasteiger partial charge in [0.2, 0.25) is 5.91 Å². The molecule has 9 heteroatoms. The number of carboxylic acid groups (broad SMARTS) is 1. The van der Waals surface area contributed by atoms with Crippen molar-refractivity contribution in [3.8, 4) is 11.5 Å². The lowest BCUT2D eigenvalue weighted by molar-refractivity contribution is -0.147. The van der Waals surface area contributed by atoms with Crippen LogP contribution in [0.5, 0.6) is 11.5 Å². The number of nitrogens with one attached hydrogen (secondary N) is 1. The van der Waals surface area contributed by atoms with Crippen LogP contribution in [-0.2, 0) is 9.59 Å². The van der Waals surface area contributed by atoms with Crippen LogP contribution in [0.1, 0.15) is 10.4 Å². The molecule has 2 aromatic carbocycles. The smallest absolute Gasteiger partial charge is 0.326 e. The molecule has 7 nitrogen and oxygen atoms in total. The van der Waals surface area contributed by atoms with E-state index in [0.717, 1.165) is 15.5 Å². The van der Waals surface area contributed by atoms with Gasteiger partial charge >= 0.3 is 5.97 Å². The lowest BCUT2D eigenvalue weighted by atomic mass is 10.2. The number of benzene rings is 2. The average molecular weight is 443 g/mol. The highest BCUT2D eigenvalue weighted by atomic mass is 32.2. The first kappa shape index (κ1) is 20.5. The third-order valence-corrected chi connectivity index (χ3v) is 9.02. The highest BCUT2D eigenvalue weighted by molar-refractivity contribution is 7.99. The van der Waals surface area contributed by atoms with Gasteiger partial charge in [0.1, 0.15) is 17.5 Å². The summed E-state index contributed by atoms with van der Waals surface area (Å²) in [6, 6.07) is 12.6. The highest BCUT2D eigenvalue weighted by Gasteiger charge is 2.44. The van der Waals surface area contributed by atoms with Gasteiger partial charge in [0.15, 0.2) is 0 Å². The van der Waals surface area contributed by atoms with Crippen molar-refractivity contribution in [2.75, 3.05) is 12.7 Å². The Hall–Kier alpha value is -2.78. The molecule has 0 spiro atoms. The van der Waals surface area contributed by atoms with Crippen LogP contribution in [0.2, 0.25) is 19.1 Å². The summed E-state index contributed by atoms with van der Waals surface area (Å²) in [6.07, 6.45) is 0.488. The predicted octanol–water partition coefficient (Wildman–Crippen LogP) is 3.22. The Kier molecular flexibility index (Phi) is 5.33. The van der Waals surface area contributed by atoms with Crippen LogP contribution in [0, 0.1) is 0 Å². The highest BCUT2D eigenvalue weighted by Crippen LogP contribution is 2.46. The minimum Gasteiger partial charge on any atom is -0.480 e. The molecule has 2 aliphatic rings. The largest absolute Gasteiger partial charge is 0.480 e. The third-order valence-electron chi connectivity index (χ3n) is 5.22. The van der Waals surface area contributed by atoms with Crippen LogP contribution in [0.3, 0.4) is 0 Å². The molecule has 156 valence electrons. The van der Waals surface area contributed by atoms with Crippen molar-refractivity contribution in [2.24, 2.45) is 0 Å². The summed E-state index contributed by atoms with van der Waals surface area (Å²) < 4.78 is 5.90. The van der Waals surface area contributed by atoms with Gasteiger partial charge in [-0.15, -0.1) is 0 Å². The average Bonchev–Trinajstić information content (AvgIpc) is 3.05. The van der Waals surface area contributed by atoms with Gasteiger partial charge in [-0.05, 0) is 36.4 Å². The maximum Gasteiger partial charge on any atom is 0.326 e. The number of fused-ring (bicyclic) bond motifs is 2.